The summed E-state index contributed by atoms with van der Waals surface area (Å²) in [6, 6.07) is 32.7. The molecule has 0 bridgehead atoms. The van der Waals surface area contributed by atoms with E-state index in [0.29, 0.717) is 0 Å². The molecule has 0 aliphatic heterocycles. The number of nitrogens with zero attached hydrogens (tertiary/aromatic N) is 1. The van der Waals surface area contributed by atoms with Gasteiger partial charge in [0.2, 0.25) is 0 Å². The van der Waals surface area contributed by atoms with Gasteiger partial charge in [-0.1, -0.05) is 72.8 Å². The van der Waals surface area contributed by atoms with Crippen LogP contribution in [-0.4, -0.2) is 0 Å². The number of halogens is 1. The molecule has 28 heavy (non-hydrogen) atoms. The van der Waals surface area contributed by atoms with E-state index >= 15 is 0 Å². The van der Waals surface area contributed by atoms with Gasteiger partial charge in [-0.25, -0.2) is 4.57 Å². The molecule has 2 heteroatoms. The smallest absolute Gasteiger partial charge is 0.176 e. The van der Waals surface area contributed by atoms with E-state index in [1.54, 1.807) is 0 Å². The van der Waals surface area contributed by atoms with E-state index in [1.807, 2.05) is 0 Å². The fourth-order valence-corrected chi connectivity index (χ4v) is 3.93. The van der Waals surface area contributed by atoms with Crippen LogP contribution in [0.15, 0.2) is 103 Å². The third kappa shape index (κ3) is 3.29. The van der Waals surface area contributed by atoms with Gasteiger partial charge in [-0.3, -0.25) is 0 Å². The van der Waals surface area contributed by atoms with Crippen molar-refractivity contribution < 1.29 is 28.5 Å². The van der Waals surface area contributed by atoms with Crippen molar-refractivity contribution in [2.24, 2.45) is 7.05 Å². The van der Waals surface area contributed by atoms with Crippen molar-refractivity contribution in [3.63, 3.8) is 0 Å². The first-order valence-corrected chi connectivity index (χ1v) is 9.26. The van der Waals surface area contributed by atoms with Gasteiger partial charge in [0, 0.05) is 11.6 Å². The number of pyridine rings is 1. The van der Waals surface area contributed by atoms with Crippen molar-refractivity contribution in [1.82, 2.24) is 0 Å². The van der Waals surface area contributed by atoms with Gasteiger partial charge in [0.25, 0.3) is 0 Å². The molecule has 0 N–H and O–H groups in total. The molecule has 5 aromatic rings. The minimum Gasteiger partial charge on any atom is -1.00 e. The molecular weight excluding hydrogens is 453 g/mol. The minimum absolute atomic E-state index is 0. The maximum Gasteiger partial charge on any atom is 0.176 e. The number of aromatic nitrogens is 1. The second-order valence-electron chi connectivity index (χ2n) is 7.03. The van der Waals surface area contributed by atoms with E-state index < -0.39 is 0 Å². The number of rotatable bonds is 2. The van der Waals surface area contributed by atoms with Crippen molar-refractivity contribution >= 4 is 21.5 Å². The largest absolute Gasteiger partial charge is 1.00 e. The van der Waals surface area contributed by atoms with E-state index in [4.69, 9.17) is 0 Å². The Bertz CT molecular complexity index is 1280. The van der Waals surface area contributed by atoms with Crippen LogP contribution < -0.4 is 28.5 Å². The molecule has 136 valence electrons. The second kappa shape index (κ2) is 7.72. The predicted molar refractivity (Wildman–Crippen MR) is 114 cm³/mol. The second-order valence-corrected chi connectivity index (χ2v) is 7.03. The van der Waals surface area contributed by atoms with Crippen LogP contribution in [0.5, 0.6) is 0 Å². The molecule has 0 amide bonds. The van der Waals surface area contributed by atoms with Gasteiger partial charge in [-0.2, -0.15) is 0 Å². The average molecular weight is 473 g/mol. The molecule has 0 aliphatic carbocycles. The van der Waals surface area contributed by atoms with E-state index in [2.05, 4.69) is 115 Å². The molecule has 0 saturated heterocycles. The van der Waals surface area contributed by atoms with Gasteiger partial charge in [0.1, 0.15) is 7.05 Å². The Balaban J connectivity index is 0.00000192. The van der Waals surface area contributed by atoms with Crippen LogP contribution in [0.3, 0.4) is 0 Å². The Labute approximate surface area is 182 Å². The number of fused-ring (bicyclic) bond motifs is 2. The summed E-state index contributed by atoms with van der Waals surface area (Å²) in [7, 11) is 2.07. The first kappa shape index (κ1) is 18.6. The van der Waals surface area contributed by atoms with E-state index in [-0.39, 0.29) is 24.0 Å². The topological polar surface area (TPSA) is 3.88 Å². The lowest BCUT2D eigenvalue weighted by molar-refractivity contribution is -0.671. The SMILES string of the molecule is C[n+]1cccc(-c2cccc3cccc(-c4ccc5ccccc5c4)c23)c1.[I-]. The lowest BCUT2D eigenvalue weighted by Crippen LogP contribution is -3.00. The maximum atomic E-state index is 2.30. The van der Waals surface area contributed by atoms with Gasteiger partial charge in [0.05, 0.1) is 0 Å². The van der Waals surface area contributed by atoms with Crippen LogP contribution in [0.2, 0.25) is 0 Å². The fraction of sp³-hybridized carbons (Fsp3) is 0.0385. The molecular formula is C26H20IN. The Morgan fingerprint density at radius 3 is 2.00 bits per heavy atom. The summed E-state index contributed by atoms with van der Waals surface area (Å²) in [5.41, 5.74) is 5.04. The van der Waals surface area contributed by atoms with Crippen molar-refractivity contribution in [3.05, 3.63) is 103 Å². The molecule has 0 spiro atoms. The Hall–Kier alpha value is -2.72. The number of hydrogen-bond donors (Lipinski definition) is 0. The van der Waals surface area contributed by atoms with Crippen LogP contribution in [0.4, 0.5) is 0 Å². The molecule has 0 unspecified atom stereocenters. The highest BCUT2D eigenvalue weighted by atomic mass is 127. The van der Waals surface area contributed by atoms with Crippen LogP contribution in [0.1, 0.15) is 0 Å². The first-order valence-electron chi connectivity index (χ1n) is 9.26. The van der Waals surface area contributed by atoms with Gasteiger partial charge in [0.15, 0.2) is 12.4 Å². The molecule has 0 aliphatic rings. The average Bonchev–Trinajstić information content (AvgIpc) is 2.72. The van der Waals surface area contributed by atoms with Gasteiger partial charge in [-0.05, 0) is 50.4 Å². The van der Waals surface area contributed by atoms with Crippen molar-refractivity contribution in [3.8, 4) is 22.3 Å². The minimum atomic E-state index is 0. The third-order valence-corrected chi connectivity index (χ3v) is 5.22. The zero-order chi connectivity index (χ0) is 18.2. The molecule has 1 aromatic heterocycles. The molecule has 1 heterocycles. The van der Waals surface area contributed by atoms with Gasteiger partial charge >= 0.3 is 0 Å². The normalized spacial score (nSPS) is 10.8. The van der Waals surface area contributed by atoms with Crippen LogP contribution in [-0.2, 0) is 7.05 Å². The maximum absolute atomic E-state index is 2.30. The summed E-state index contributed by atoms with van der Waals surface area (Å²) in [5, 5.41) is 5.12. The molecule has 1 nitrogen and oxygen atoms in total. The van der Waals surface area contributed by atoms with Crippen molar-refractivity contribution in [2.75, 3.05) is 0 Å². The fourth-order valence-electron chi connectivity index (χ4n) is 3.93. The monoisotopic (exact) mass is 473 g/mol. The standard InChI is InChI=1S/C26H20N.HI/c1-27-16-6-11-23(18-27)25-13-5-10-20-9-4-12-24(26(20)25)22-15-14-19-7-2-3-8-21(19)17-22;/h2-18H,1H3;1H/q+1;/p-1. The van der Waals surface area contributed by atoms with Gasteiger partial charge in [-0.15, -0.1) is 0 Å². The van der Waals surface area contributed by atoms with Gasteiger partial charge < -0.3 is 24.0 Å². The number of aryl methyl sites for hydroxylation is 1. The van der Waals surface area contributed by atoms with E-state index in [1.165, 1.54) is 43.8 Å². The van der Waals surface area contributed by atoms with Crippen LogP contribution >= 0.6 is 0 Å². The Morgan fingerprint density at radius 1 is 0.571 bits per heavy atom. The summed E-state index contributed by atoms with van der Waals surface area (Å²) in [5.74, 6) is 0. The zero-order valence-electron chi connectivity index (χ0n) is 15.6. The number of hydrogen-bond acceptors (Lipinski definition) is 0. The van der Waals surface area contributed by atoms with Crippen LogP contribution in [0, 0.1) is 0 Å². The lowest BCUT2D eigenvalue weighted by Gasteiger charge is -2.12. The van der Waals surface area contributed by atoms with E-state index in [9.17, 15) is 0 Å². The van der Waals surface area contributed by atoms with Crippen molar-refractivity contribution in [2.45, 2.75) is 0 Å². The highest BCUT2D eigenvalue weighted by molar-refractivity contribution is 6.07. The quantitative estimate of drug-likeness (QED) is 0.274. The Morgan fingerprint density at radius 2 is 1.25 bits per heavy atom. The molecule has 0 saturated carbocycles. The predicted octanol–water partition coefficient (Wildman–Crippen LogP) is 3.16. The summed E-state index contributed by atoms with van der Waals surface area (Å²) < 4.78 is 2.10. The zero-order valence-corrected chi connectivity index (χ0v) is 17.8. The molecule has 5 rings (SSSR count). The summed E-state index contributed by atoms with van der Waals surface area (Å²) in [6.07, 6.45) is 4.25. The highest BCUT2D eigenvalue weighted by Gasteiger charge is 2.12. The molecule has 0 fully saturated rings. The third-order valence-electron chi connectivity index (χ3n) is 5.22. The Kier molecular flexibility index (Phi) is 5.14. The molecule has 0 radical (unpaired) electrons. The van der Waals surface area contributed by atoms with Crippen molar-refractivity contribution in [1.29, 1.82) is 0 Å². The lowest BCUT2D eigenvalue weighted by atomic mass is 9.91. The number of benzene rings is 4. The van der Waals surface area contributed by atoms with E-state index in [0.717, 1.165) is 0 Å². The summed E-state index contributed by atoms with van der Waals surface area (Å²) in [6.45, 7) is 0. The molecule has 0 atom stereocenters. The highest BCUT2D eigenvalue weighted by Crippen LogP contribution is 2.36. The summed E-state index contributed by atoms with van der Waals surface area (Å²) in [4.78, 5) is 0. The first-order chi connectivity index (χ1) is 13.3. The van der Waals surface area contributed by atoms with Crippen LogP contribution in [0.25, 0.3) is 43.8 Å². The molecule has 4 aromatic carbocycles. The summed E-state index contributed by atoms with van der Waals surface area (Å²) >= 11 is 0.